The highest BCUT2D eigenvalue weighted by atomic mass is 19.4. The number of carboxylic acid groups (broad SMARTS) is 1. The molecule has 1 aliphatic heterocycles. The number of carbonyl (C=O) groups is 1. The lowest BCUT2D eigenvalue weighted by Crippen LogP contribution is -2.31. The molecule has 220 valence electrons. The predicted molar refractivity (Wildman–Crippen MR) is 149 cm³/mol. The minimum absolute atomic E-state index is 0.00296. The fourth-order valence-corrected chi connectivity index (χ4v) is 5.91. The maximum Gasteiger partial charge on any atom is 0.416 e. The van der Waals surface area contributed by atoms with Gasteiger partial charge in [-0.1, -0.05) is 30.7 Å². The highest BCUT2D eigenvalue weighted by Gasteiger charge is 2.34. The number of aromatic carboxylic acids is 1. The van der Waals surface area contributed by atoms with Crippen LogP contribution in [0.1, 0.15) is 72.4 Å². The summed E-state index contributed by atoms with van der Waals surface area (Å²) in [6.07, 6.45) is 0.307. The second-order valence-electron chi connectivity index (χ2n) is 11.1. The van der Waals surface area contributed by atoms with Crippen LogP contribution in [-0.4, -0.2) is 43.2 Å². The zero-order valence-corrected chi connectivity index (χ0v) is 22.9. The van der Waals surface area contributed by atoms with Gasteiger partial charge in [0.25, 0.3) is 0 Å². The van der Waals surface area contributed by atoms with E-state index in [-0.39, 0.29) is 30.1 Å². The van der Waals surface area contributed by atoms with Crippen LogP contribution in [0.5, 0.6) is 0 Å². The fourth-order valence-electron chi connectivity index (χ4n) is 5.91. The Hall–Kier alpha value is -4.22. The Morgan fingerprint density at radius 3 is 2.48 bits per heavy atom. The average Bonchev–Trinajstić information content (AvgIpc) is 3.52. The van der Waals surface area contributed by atoms with Crippen LogP contribution in [0.3, 0.4) is 0 Å². The zero-order chi connectivity index (χ0) is 29.6. The lowest BCUT2D eigenvalue weighted by Gasteiger charge is -2.32. The summed E-state index contributed by atoms with van der Waals surface area (Å²) in [5, 5.41) is 13.2. The number of halogens is 4. The molecule has 6 rings (SSSR count). The summed E-state index contributed by atoms with van der Waals surface area (Å²) in [6.45, 7) is 2.76. The number of nitrogens with one attached hydrogen (secondary N) is 1. The Bertz CT molecular complexity index is 1620. The number of hydrogen-bond acceptors (Lipinski definition) is 6. The maximum atomic E-state index is 14.2. The van der Waals surface area contributed by atoms with E-state index in [1.807, 2.05) is 22.5 Å². The molecule has 1 unspecified atom stereocenters. The lowest BCUT2D eigenvalue weighted by atomic mass is 9.80. The summed E-state index contributed by atoms with van der Waals surface area (Å²) < 4.78 is 55.8. The van der Waals surface area contributed by atoms with Gasteiger partial charge in [0, 0.05) is 12.6 Å². The summed E-state index contributed by atoms with van der Waals surface area (Å²) in [7, 11) is 0. The molecule has 2 fully saturated rings. The van der Waals surface area contributed by atoms with Crippen molar-refractivity contribution in [1.29, 1.82) is 0 Å². The molecular formula is C30H30F4N6O2. The molecule has 0 spiro atoms. The standard InChI is InChI=1S/C30H30F4N6O2/c1-17(19-5-2-6-19)35-25-24-26(37-27(36-25)28(41)42)38-29(39-14-4-9-23(39)20-7-3-8-22(31)15-20)40(24)16-18-10-12-21(13-11-18)30(32,33)34/h3,7-8,10-13,15,17,19,23H,2,4-6,9,14,16H2,1H3,(H,41,42)(H,35,36,37)/t17-,23?/m1/s1. The molecule has 2 aliphatic rings. The molecule has 2 N–H and O–H groups in total. The Balaban J connectivity index is 1.50. The van der Waals surface area contributed by atoms with Crippen molar-refractivity contribution in [3.8, 4) is 0 Å². The van der Waals surface area contributed by atoms with E-state index in [0.29, 0.717) is 35.3 Å². The van der Waals surface area contributed by atoms with Crippen LogP contribution >= 0.6 is 0 Å². The van der Waals surface area contributed by atoms with Crippen molar-refractivity contribution < 1.29 is 27.5 Å². The maximum absolute atomic E-state index is 14.2. The Kier molecular flexibility index (Phi) is 7.24. The molecule has 1 saturated heterocycles. The SMILES string of the molecule is C[C@@H](Nc1nc(C(=O)O)nc2nc(N3CCCC3c3cccc(F)c3)n(Cc3ccc(C(F)(F)F)cc3)c12)C1CCC1. The summed E-state index contributed by atoms with van der Waals surface area (Å²) >= 11 is 0. The van der Waals surface area contributed by atoms with E-state index in [1.54, 1.807) is 6.07 Å². The van der Waals surface area contributed by atoms with Crippen LogP contribution in [0.4, 0.5) is 29.3 Å². The van der Waals surface area contributed by atoms with Crippen LogP contribution in [-0.2, 0) is 12.7 Å². The lowest BCUT2D eigenvalue weighted by molar-refractivity contribution is -0.137. The average molecular weight is 583 g/mol. The van der Waals surface area contributed by atoms with Crippen LogP contribution < -0.4 is 10.2 Å². The number of nitrogens with zero attached hydrogens (tertiary/aromatic N) is 5. The van der Waals surface area contributed by atoms with Gasteiger partial charge in [0.2, 0.25) is 11.8 Å². The third kappa shape index (κ3) is 5.37. The molecule has 4 aromatic rings. The third-order valence-electron chi connectivity index (χ3n) is 8.36. The second-order valence-corrected chi connectivity index (χ2v) is 11.1. The van der Waals surface area contributed by atoms with E-state index in [2.05, 4.69) is 15.3 Å². The second kappa shape index (κ2) is 10.9. The van der Waals surface area contributed by atoms with E-state index in [0.717, 1.165) is 49.8 Å². The van der Waals surface area contributed by atoms with Gasteiger partial charge in [0.05, 0.1) is 18.2 Å². The van der Waals surface area contributed by atoms with Crippen molar-refractivity contribution in [3.63, 3.8) is 0 Å². The number of fused-ring (bicyclic) bond motifs is 1. The molecule has 0 bridgehead atoms. The molecule has 1 aliphatic carbocycles. The predicted octanol–water partition coefficient (Wildman–Crippen LogP) is 6.67. The summed E-state index contributed by atoms with van der Waals surface area (Å²) in [5.41, 5.74) is 1.24. The van der Waals surface area contributed by atoms with Gasteiger partial charge in [0.1, 0.15) is 11.3 Å². The quantitative estimate of drug-likeness (QED) is 0.224. The van der Waals surface area contributed by atoms with Gasteiger partial charge in [-0.25, -0.2) is 19.2 Å². The minimum atomic E-state index is -4.46. The Morgan fingerprint density at radius 2 is 1.83 bits per heavy atom. The van der Waals surface area contributed by atoms with Gasteiger partial charge in [-0.3, -0.25) is 0 Å². The highest BCUT2D eigenvalue weighted by Crippen LogP contribution is 2.39. The number of carboxylic acids is 1. The number of anilines is 2. The van der Waals surface area contributed by atoms with Crippen molar-refractivity contribution in [2.45, 2.75) is 63.8 Å². The van der Waals surface area contributed by atoms with Gasteiger partial charge in [0.15, 0.2) is 11.5 Å². The van der Waals surface area contributed by atoms with E-state index in [4.69, 9.17) is 4.98 Å². The van der Waals surface area contributed by atoms with Crippen molar-refractivity contribution in [2.24, 2.45) is 5.92 Å². The van der Waals surface area contributed by atoms with Gasteiger partial charge in [-0.15, -0.1) is 0 Å². The van der Waals surface area contributed by atoms with Gasteiger partial charge in [-0.2, -0.15) is 18.2 Å². The molecule has 2 aromatic carbocycles. The molecule has 1 saturated carbocycles. The summed E-state index contributed by atoms with van der Waals surface area (Å²) in [6, 6.07) is 11.1. The molecular weight excluding hydrogens is 552 g/mol. The van der Waals surface area contributed by atoms with Crippen LogP contribution in [0, 0.1) is 11.7 Å². The number of hydrogen-bond donors (Lipinski definition) is 2. The summed E-state index contributed by atoms with van der Waals surface area (Å²) in [4.78, 5) is 27.4. The highest BCUT2D eigenvalue weighted by molar-refractivity contribution is 5.92. The molecule has 2 atom stereocenters. The first kappa shape index (κ1) is 27.9. The molecule has 12 heteroatoms. The Morgan fingerprint density at radius 1 is 1.07 bits per heavy atom. The first-order chi connectivity index (χ1) is 20.1. The molecule has 8 nitrogen and oxygen atoms in total. The fraction of sp³-hybridized carbons (Fsp3) is 0.400. The van der Waals surface area contributed by atoms with Gasteiger partial charge < -0.3 is 19.9 Å². The monoisotopic (exact) mass is 582 g/mol. The zero-order valence-electron chi connectivity index (χ0n) is 22.9. The molecule has 2 aromatic heterocycles. The van der Waals surface area contributed by atoms with E-state index in [1.165, 1.54) is 24.3 Å². The smallest absolute Gasteiger partial charge is 0.416 e. The first-order valence-electron chi connectivity index (χ1n) is 14.0. The van der Waals surface area contributed by atoms with E-state index < -0.39 is 23.5 Å². The number of aromatic nitrogens is 4. The van der Waals surface area contributed by atoms with E-state index in [9.17, 15) is 27.5 Å². The molecule has 0 amide bonds. The van der Waals surface area contributed by atoms with Crippen molar-refractivity contribution in [3.05, 3.63) is 76.9 Å². The number of benzene rings is 2. The van der Waals surface area contributed by atoms with Crippen molar-refractivity contribution >= 4 is 28.9 Å². The first-order valence-corrected chi connectivity index (χ1v) is 14.0. The van der Waals surface area contributed by atoms with Crippen LogP contribution in [0.15, 0.2) is 48.5 Å². The van der Waals surface area contributed by atoms with Crippen molar-refractivity contribution in [2.75, 3.05) is 16.8 Å². The third-order valence-corrected chi connectivity index (χ3v) is 8.36. The topological polar surface area (TPSA) is 96.2 Å². The van der Waals surface area contributed by atoms with Crippen LogP contribution in [0.25, 0.3) is 11.2 Å². The largest absolute Gasteiger partial charge is 0.475 e. The van der Waals surface area contributed by atoms with Gasteiger partial charge in [-0.05, 0) is 73.9 Å². The molecule has 0 radical (unpaired) electrons. The van der Waals surface area contributed by atoms with E-state index >= 15 is 0 Å². The van der Waals surface area contributed by atoms with Crippen LogP contribution in [0.2, 0.25) is 0 Å². The molecule has 3 heterocycles. The molecule has 42 heavy (non-hydrogen) atoms. The Labute approximate surface area is 239 Å². The number of imidazole rings is 1. The van der Waals surface area contributed by atoms with Crippen molar-refractivity contribution in [1.82, 2.24) is 19.5 Å². The normalized spacial score (nSPS) is 18.3. The summed E-state index contributed by atoms with van der Waals surface area (Å²) in [5.74, 6) is -0.874. The minimum Gasteiger partial charge on any atom is -0.475 e. The van der Waals surface area contributed by atoms with Gasteiger partial charge >= 0.3 is 12.1 Å². The number of alkyl halides is 3. The number of rotatable bonds is 8.